The van der Waals surface area contributed by atoms with Gasteiger partial charge in [-0.15, -0.1) is 0 Å². The largest absolute Gasteiger partial charge is 0.372 e. The second kappa shape index (κ2) is 6.27. The van der Waals surface area contributed by atoms with Crippen molar-refractivity contribution in [3.63, 3.8) is 0 Å². The number of amides is 1. The SMILES string of the molecule is O=C1NCCCC1NCc1ccc(N2CCCC2)cc1. The summed E-state index contributed by atoms with van der Waals surface area (Å²) < 4.78 is 0. The predicted molar refractivity (Wildman–Crippen MR) is 80.8 cm³/mol. The lowest BCUT2D eigenvalue weighted by atomic mass is 10.1. The third-order valence-electron chi connectivity index (χ3n) is 4.25. The lowest BCUT2D eigenvalue weighted by Gasteiger charge is -2.23. The van der Waals surface area contributed by atoms with Crippen molar-refractivity contribution in [1.82, 2.24) is 10.6 Å². The Bertz CT molecular complexity index is 451. The Labute approximate surface area is 120 Å². The zero-order valence-corrected chi connectivity index (χ0v) is 11.9. The summed E-state index contributed by atoms with van der Waals surface area (Å²) in [5, 5.41) is 6.26. The highest BCUT2D eigenvalue weighted by molar-refractivity contribution is 5.82. The van der Waals surface area contributed by atoms with E-state index in [1.807, 2.05) is 0 Å². The third-order valence-corrected chi connectivity index (χ3v) is 4.25. The van der Waals surface area contributed by atoms with Crippen molar-refractivity contribution < 1.29 is 4.79 Å². The summed E-state index contributed by atoms with van der Waals surface area (Å²) in [5.74, 6) is 0.143. The first-order valence-electron chi connectivity index (χ1n) is 7.68. The summed E-state index contributed by atoms with van der Waals surface area (Å²) in [6.07, 6.45) is 4.62. The van der Waals surface area contributed by atoms with Crippen LogP contribution in [0.4, 0.5) is 5.69 Å². The molecule has 2 aliphatic heterocycles. The van der Waals surface area contributed by atoms with E-state index in [1.54, 1.807) is 0 Å². The van der Waals surface area contributed by atoms with E-state index in [-0.39, 0.29) is 11.9 Å². The van der Waals surface area contributed by atoms with Crippen LogP contribution in [0.3, 0.4) is 0 Å². The molecule has 1 aromatic rings. The number of nitrogens with zero attached hydrogens (tertiary/aromatic N) is 1. The highest BCUT2D eigenvalue weighted by Crippen LogP contribution is 2.20. The maximum absolute atomic E-state index is 11.7. The van der Waals surface area contributed by atoms with Crippen LogP contribution in [-0.4, -0.2) is 31.6 Å². The van der Waals surface area contributed by atoms with Crippen LogP contribution in [-0.2, 0) is 11.3 Å². The van der Waals surface area contributed by atoms with Gasteiger partial charge in [-0.1, -0.05) is 12.1 Å². The average molecular weight is 273 g/mol. The highest BCUT2D eigenvalue weighted by Gasteiger charge is 2.20. The van der Waals surface area contributed by atoms with Crippen molar-refractivity contribution in [2.75, 3.05) is 24.5 Å². The van der Waals surface area contributed by atoms with E-state index < -0.39 is 0 Å². The van der Waals surface area contributed by atoms with Gasteiger partial charge in [0.15, 0.2) is 0 Å². The van der Waals surface area contributed by atoms with Gasteiger partial charge in [0.05, 0.1) is 6.04 Å². The summed E-state index contributed by atoms with van der Waals surface area (Å²) in [6, 6.07) is 8.71. The first kappa shape index (κ1) is 13.4. The predicted octanol–water partition coefficient (Wildman–Crippen LogP) is 1.65. The first-order chi connectivity index (χ1) is 9.83. The van der Waals surface area contributed by atoms with Gasteiger partial charge in [-0.2, -0.15) is 0 Å². The Morgan fingerprint density at radius 2 is 1.90 bits per heavy atom. The van der Waals surface area contributed by atoms with Gasteiger partial charge in [0, 0.05) is 31.9 Å². The number of hydrogen-bond acceptors (Lipinski definition) is 3. The van der Waals surface area contributed by atoms with Crippen LogP contribution in [0.1, 0.15) is 31.2 Å². The summed E-state index contributed by atoms with van der Waals surface area (Å²) in [6.45, 7) is 3.94. The Kier molecular flexibility index (Phi) is 4.21. The summed E-state index contributed by atoms with van der Waals surface area (Å²) >= 11 is 0. The molecular weight excluding hydrogens is 250 g/mol. The van der Waals surface area contributed by atoms with Gasteiger partial charge in [-0.05, 0) is 43.4 Å². The van der Waals surface area contributed by atoms with Crippen LogP contribution in [0.5, 0.6) is 0 Å². The Balaban J connectivity index is 1.53. The number of nitrogens with one attached hydrogen (secondary N) is 2. The zero-order valence-electron chi connectivity index (χ0n) is 11.9. The fourth-order valence-corrected chi connectivity index (χ4v) is 3.01. The lowest BCUT2D eigenvalue weighted by Crippen LogP contribution is -2.47. The normalized spacial score (nSPS) is 22.9. The molecule has 0 bridgehead atoms. The molecule has 0 saturated carbocycles. The van der Waals surface area contributed by atoms with Gasteiger partial charge >= 0.3 is 0 Å². The molecule has 0 aliphatic carbocycles. The topological polar surface area (TPSA) is 44.4 Å². The molecular formula is C16H23N3O. The number of benzene rings is 1. The molecule has 3 rings (SSSR count). The number of anilines is 1. The van der Waals surface area contributed by atoms with E-state index in [2.05, 4.69) is 39.8 Å². The zero-order chi connectivity index (χ0) is 13.8. The minimum atomic E-state index is -0.0259. The molecule has 1 aromatic carbocycles. The van der Waals surface area contributed by atoms with Crippen LogP contribution < -0.4 is 15.5 Å². The molecule has 20 heavy (non-hydrogen) atoms. The van der Waals surface area contributed by atoms with Crippen molar-refractivity contribution in [2.45, 2.75) is 38.3 Å². The second-order valence-corrected chi connectivity index (χ2v) is 5.73. The number of hydrogen-bond donors (Lipinski definition) is 2. The summed E-state index contributed by atoms with van der Waals surface area (Å²) in [7, 11) is 0. The third kappa shape index (κ3) is 3.12. The number of rotatable bonds is 4. The molecule has 0 spiro atoms. The Hall–Kier alpha value is -1.55. The molecule has 0 radical (unpaired) electrons. The summed E-state index contributed by atoms with van der Waals surface area (Å²) in [5.41, 5.74) is 2.56. The van der Waals surface area contributed by atoms with Crippen molar-refractivity contribution in [2.24, 2.45) is 0 Å². The van der Waals surface area contributed by atoms with Gasteiger partial charge in [-0.25, -0.2) is 0 Å². The van der Waals surface area contributed by atoms with Gasteiger partial charge < -0.3 is 15.5 Å². The Morgan fingerprint density at radius 3 is 2.60 bits per heavy atom. The fourth-order valence-electron chi connectivity index (χ4n) is 3.01. The molecule has 2 heterocycles. The van der Waals surface area contributed by atoms with Crippen molar-refractivity contribution in [3.8, 4) is 0 Å². The van der Waals surface area contributed by atoms with Crippen molar-refractivity contribution in [1.29, 1.82) is 0 Å². The minimum absolute atomic E-state index is 0.0259. The molecule has 2 aliphatic rings. The average Bonchev–Trinajstić information content (AvgIpc) is 3.01. The van der Waals surface area contributed by atoms with Crippen LogP contribution in [0.25, 0.3) is 0 Å². The second-order valence-electron chi connectivity index (χ2n) is 5.73. The van der Waals surface area contributed by atoms with Gasteiger partial charge in [-0.3, -0.25) is 4.79 Å². The number of carbonyl (C=O) groups is 1. The van der Waals surface area contributed by atoms with Crippen LogP contribution >= 0.6 is 0 Å². The van der Waals surface area contributed by atoms with E-state index in [1.165, 1.54) is 37.2 Å². The fraction of sp³-hybridized carbons (Fsp3) is 0.562. The molecule has 0 aromatic heterocycles. The van der Waals surface area contributed by atoms with Crippen LogP contribution in [0.15, 0.2) is 24.3 Å². The van der Waals surface area contributed by atoms with Crippen molar-refractivity contribution in [3.05, 3.63) is 29.8 Å². The lowest BCUT2D eigenvalue weighted by molar-refractivity contribution is -0.124. The van der Waals surface area contributed by atoms with E-state index in [9.17, 15) is 4.79 Å². The standard InChI is InChI=1S/C16H23N3O/c20-16-15(4-3-9-17-16)18-12-13-5-7-14(8-6-13)19-10-1-2-11-19/h5-8,15,18H,1-4,9-12H2,(H,17,20). The van der Waals surface area contributed by atoms with Gasteiger partial charge in [0.1, 0.15) is 0 Å². The van der Waals surface area contributed by atoms with E-state index in [4.69, 9.17) is 0 Å². The number of carbonyl (C=O) groups excluding carboxylic acids is 1. The molecule has 4 heteroatoms. The maximum Gasteiger partial charge on any atom is 0.237 e. The van der Waals surface area contributed by atoms with Crippen LogP contribution in [0, 0.1) is 0 Å². The van der Waals surface area contributed by atoms with Crippen LogP contribution in [0.2, 0.25) is 0 Å². The molecule has 2 N–H and O–H groups in total. The van der Waals surface area contributed by atoms with Crippen molar-refractivity contribution >= 4 is 11.6 Å². The van der Waals surface area contributed by atoms with E-state index in [0.717, 1.165) is 25.9 Å². The molecule has 1 amide bonds. The molecule has 4 nitrogen and oxygen atoms in total. The molecule has 2 fully saturated rings. The molecule has 2 saturated heterocycles. The minimum Gasteiger partial charge on any atom is -0.372 e. The smallest absolute Gasteiger partial charge is 0.237 e. The highest BCUT2D eigenvalue weighted by atomic mass is 16.2. The van der Waals surface area contributed by atoms with E-state index >= 15 is 0 Å². The quantitative estimate of drug-likeness (QED) is 0.877. The Morgan fingerprint density at radius 1 is 1.15 bits per heavy atom. The first-order valence-corrected chi connectivity index (χ1v) is 7.68. The van der Waals surface area contributed by atoms with Gasteiger partial charge in [0.25, 0.3) is 0 Å². The molecule has 1 unspecified atom stereocenters. The van der Waals surface area contributed by atoms with Gasteiger partial charge in [0.2, 0.25) is 5.91 Å². The summed E-state index contributed by atoms with van der Waals surface area (Å²) in [4.78, 5) is 14.1. The monoisotopic (exact) mass is 273 g/mol. The van der Waals surface area contributed by atoms with E-state index in [0.29, 0.717) is 0 Å². The number of piperidine rings is 1. The maximum atomic E-state index is 11.7. The molecule has 1 atom stereocenters. The molecule has 108 valence electrons.